The number of pyridine rings is 1. The molecule has 0 spiro atoms. The molecule has 108 valence electrons. The summed E-state index contributed by atoms with van der Waals surface area (Å²) >= 11 is 6.25. The van der Waals surface area contributed by atoms with Gasteiger partial charge in [0.2, 0.25) is 0 Å². The van der Waals surface area contributed by atoms with Gasteiger partial charge in [-0.15, -0.1) is 11.6 Å². The molecule has 3 aromatic rings. The molecule has 0 aliphatic rings. The van der Waals surface area contributed by atoms with Crippen LogP contribution in [0.25, 0.3) is 11.0 Å². The molecular weight excluding hydrogens is 289 g/mol. The van der Waals surface area contributed by atoms with Gasteiger partial charge in [-0.2, -0.15) is 0 Å². The van der Waals surface area contributed by atoms with Crippen LogP contribution in [0.15, 0.2) is 42.6 Å². The van der Waals surface area contributed by atoms with E-state index in [1.54, 1.807) is 12.3 Å². The first-order chi connectivity index (χ1) is 10.1. The van der Waals surface area contributed by atoms with Crippen molar-refractivity contribution in [1.29, 1.82) is 0 Å². The summed E-state index contributed by atoms with van der Waals surface area (Å²) in [4.78, 5) is 8.88. The van der Waals surface area contributed by atoms with Crippen molar-refractivity contribution in [2.45, 2.75) is 25.3 Å². The van der Waals surface area contributed by atoms with Crippen LogP contribution in [0.5, 0.6) is 0 Å². The number of nitrogens with zero attached hydrogens (tertiary/aromatic N) is 3. The van der Waals surface area contributed by atoms with Gasteiger partial charge >= 0.3 is 0 Å². The molecule has 0 N–H and O–H groups in total. The second kappa shape index (κ2) is 5.45. The molecule has 0 saturated carbocycles. The van der Waals surface area contributed by atoms with E-state index < -0.39 is 0 Å². The second-order valence-corrected chi connectivity index (χ2v) is 5.67. The Labute approximate surface area is 127 Å². The summed E-state index contributed by atoms with van der Waals surface area (Å²) in [6, 6.07) is 10.4. The molecule has 0 bridgehead atoms. The summed E-state index contributed by atoms with van der Waals surface area (Å²) in [5.41, 5.74) is 2.39. The summed E-state index contributed by atoms with van der Waals surface area (Å²) in [7, 11) is 0. The molecule has 0 amide bonds. The molecule has 2 aromatic heterocycles. The molecular formula is C16H15ClFN3. The third-order valence-electron chi connectivity index (χ3n) is 3.54. The van der Waals surface area contributed by atoms with E-state index in [2.05, 4.69) is 9.97 Å². The average Bonchev–Trinajstić information content (AvgIpc) is 2.86. The fourth-order valence-corrected chi connectivity index (χ4v) is 2.69. The minimum atomic E-state index is -0.300. The fourth-order valence-electron chi connectivity index (χ4n) is 2.53. The zero-order valence-electron chi connectivity index (χ0n) is 11.8. The van der Waals surface area contributed by atoms with Gasteiger partial charge in [-0.1, -0.05) is 6.07 Å². The van der Waals surface area contributed by atoms with E-state index >= 15 is 0 Å². The van der Waals surface area contributed by atoms with Crippen molar-refractivity contribution in [3.8, 4) is 0 Å². The van der Waals surface area contributed by atoms with Crippen molar-refractivity contribution < 1.29 is 4.39 Å². The van der Waals surface area contributed by atoms with E-state index in [9.17, 15) is 4.39 Å². The molecule has 0 saturated heterocycles. The van der Waals surface area contributed by atoms with E-state index in [1.165, 1.54) is 12.1 Å². The number of benzene rings is 1. The van der Waals surface area contributed by atoms with E-state index in [0.29, 0.717) is 5.52 Å². The Morgan fingerprint density at radius 2 is 2.00 bits per heavy atom. The van der Waals surface area contributed by atoms with Crippen LogP contribution in [-0.4, -0.2) is 14.5 Å². The monoisotopic (exact) mass is 303 g/mol. The van der Waals surface area contributed by atoms with Crippen molar-refractivity contribution in [1.82, 2.24) is 14.5 Å². The van der Waals surface area contributed by atoms with Crippen LogP contribution in [-0.2, 0) is 0 Å². The van der Waals surface area contributed by atoms with Gasteiger partial charge < -0.3 is 4.57 Å². The van der Waals surface area contributed by atoms with Crippen molar-refractivity contribution in [3.05, 3.63) is 59.9 Å². The van der Waals surface area contributed by atoms with Crippen LogP contribution < -0.4 is 0 Å². The molecule has 2 heterocycles. The maximum absolute atomic E-state index is 13.4. The number of alkyl halides is 1. The van der Waals surface area contributed by atoms with E-state index in [4.69, 9.17) is 11.6 Å². The molecule has 3 nitrogen and oxygen atoms in total. The number of halogens is 2. The number of rotatable bonds is 3. The second-order valence-electron chi connectivity index (χ2n) is 5.02. The lowest BCUT2D eigenvalue weighted by atomic mass is 10.2. The summed E-state index contributed by atoms with van der Waals surface area (Å²) in [5.74, 6) is 0.418. The Kier molecular flexibility index (Phi) is 3.64. The van der Waals surface area contributed by atoms with Crippen LogP contribution in [0.4, 0.5) is 4.39 Å². The topological polar surface area (TPSA) is 30.7 Å². The molecule has 1 aromatic carbocycles. The third kappa shape index (κ3) is 2.51. The van der Waals surface area contributed by atoms with Gasteiger partial charge in [0.25, 0.3) is 0 Å². The first-order valence-electron chi connectivity index (χ1n) is 6.80. The normalized spacial score (nSPS) is 14.3. The van der Waals surface area contributed by atoms with Gasteiger partial charge in [0.05, 0.1) is 28.1 Å². The van der Waals surface area contributed by atoms with Gasteiger partial charge in [-0.3, -0.25) is 4.98 Å². The average molecular weight is 304 g/mol. The Morgan fingerprint density at radius 3 is 2.67 bits per heavy atom. The SMILES string of the molecule is CC(Cl)c1nc2cc(F)ccc2n1C(C)c1ccccn1. The minimum Gasteiger partial charge on any atom is -0.318 e. The summed E-state index contributed by atoms with van der Waals surface area (Å²) in [6.07, 6.45) is 1.76. The van der Waals surface area contributed by atoms with Crippen molar-refractivity contribution in [2.24, 2.45) is 0 Å². The van der Waals surface area contributed by atoms with Crippen molar-refractivity contribution in [3.63, 3.8) is 0 Å². The van der Waals surface area contributed by atoms with Gasteiger partial charge in [0, 0.05) is 12.3 Å². The Morgan fingerprint density at radius 1 is 1.19 bits per heavy atom. The van der Waals surface area contributed by atoms with Crippen LogP contribution in [0, 0.1) is 5.82 Å². The zero-order chi connectivity index (χ0) is 15.0. The van der Waals surface area contributed by atoms with Gasteiger partial charge in [0.1, 0.15) is 11.6 Å². The zero-order valence-corrected chi connectivity index (χ0v) is 12.5. The molecule has 3 rings (SSSR count). The van der Waals surface area contributed by atoms with Crippen LogP contribution in [0.2, 0.25) is 0 Å². The lowest BCUT2D eigenvalue weighted by molar-refractivity contribution is 0.602. The predicted molar refractivity (Wildman–Crippen MR) is 82.0 cm³/mol. The number of hydrogen-bond donors (Lipinski definition) is 0. The first-order valence-corrected chi connectivity index (χ1v) is 7.24. The molecule has 0 fully saturated rings. The number of aromatic nitrogens is 3. The molecule has 21 heavy (non-hydrogen) atoms. The molecule has 2 unspecified atom stereocenters. The Hall–Kier alpha value is -1.94. The summed E-state index contributed by atoms with van der Waals surface area (Å²) in [6.45, 7) is 3.90. The first kappa shape index (κ1) is 14.0. The highest BCUT2D eigenvalue weighted by Crippen LogP contribution is 2.30. The number of imidazole rings is 1. The maximum Gasteiger partial charge on any atom is 0.128 e. The quantitative estimate of drug-likeness (QED) is 0.668. The standard InChI is InChI=1S/C16H15ClFN3/c1-10(17)16-20-14-9-12(18)6-7-15(14)21(16)11(2)13-5-3-4-8-19-13/h3-11H,1-2H3. The lowest BCUT2D eigenvalue weighted by Crippen LogP contribution is -2.12. The highest BCUT2D eigenvalue weighted by Gasteiger charge is 2.20. The summed E-state index contributed by atoms with van der Waals surface area (Å²) in [5, 5.41) is -0.272. The predicted octanol–water partition coefficient (Wildman–Crippen LogP) is 4.48. The third-order valence-corrected chi connectivity index (χ3v) is 3.73. The minimum absolute atomic E-state index is 0.0298. The summed E-state index contributed by atoms with van der Waals surface area (Å²) < 4.78 is 15.4. The lowest BCUT2D eigenvalue weighted by Gasteiger charge is -2.18. The highest BCUT2D eigenvalue weighted by molar-refractivity contribution is 6.20. The maximum atomic E-state index is 13.4. The molecule has 0 radical (unpaired) electrons. The number of fused-ring (bicyclic) bond motifs is 1. The van der Waals surface area contributed by atoms with Gasteiger partial charge in [-0.05, 0) is 38.1 Å². The largest absolute Gasteiger partial charge is 0.318 e. The van der Waals surface area contributed by atoms with Crippen molar-refractivity contribution in [2.75, 3.05) is 0 Å². The van der Waals surface area contributed by atoms with Crippen LogP contribution >= 0.6 is 11.6 Å². The Balaban J connectivity index is 2.22. The highest BCUT2D eigenvalue weighted by atomic mass is 35.5. The van der Waals surface area contributed by atoms with E-state index in [1.807, 2.05) is 36.6 Å². The number of hydrogen-bond acceptors (Lipinski definition) is 2. The van der Waals surface area contributed by atoms with Gasteiger partial charge in [-0.25, -0.2) is 9.37 Å². The van der Waals surface area contributed by atoms with Crippen LogP contribution in [0.3, 0.4) is 0 Å². The molecule has 5 heteroatoms. The van der Waals surface area contributed by atoms with E-state index in [0.717, 1.165) is 17.0 Å². The van der Waals surface area contributed by atoms with Gasteiger partial charge in [0.15, 0.2) is 0 Å². The molecule has 0 aliphatic carbocycles. The Bertz CT molecular complexity index is 768. The van der Waals surface area contributed by atoms with E-state index in [-0.39, 0.29) is 17.2 Å². The smallest absolute Gasteiger partial charge is 0.128 e. The van der Waals surface area contributed by atoms with Crippen molar-refractivity contribution >= 4 is 22.6 Å². The fraction of sp³-hybridized carbons (Fsp3) is 0.250. The molecule has 0 aliphatic heterocycles. The molecule has 2 atom stereocenters. The van der Waals surface area contributed by atoms with Crippen LogP contribution in [0.1, 0.15) is 36.8 Å².